The van der Waals surface area contributed by atoms with Gasteiger partial charge in [-0.15, -0.1) is 0 Å². The number of nitrogens with one attached hydrogen (secondary N) is 2. The first-order chi connectivity index (χ1) is 11.8. The third-order valence-electron chi connectivity index (χ3n) is 4.13. The fraction of sp³-hybridized carbons (Fsp3) is 0.125. The van der Waals surface area contributed by atoms with Crippen molar-refractivity contribution in [3.63, 3.8) is 0 Å². The van der Waals surface area contributed by atoms with Crippen LogP contribution in [0.5, 0.6) is 0 Å². The molecule has 0 fully saturated rings. The predicted molar refractivity (Wildman–Crippen MR) is 96.5 cm³/mol. The lowest BCUT2D eigenvalue weighted by atomic mass is 10.1. The summed E-state index contributed by atoms with van der Waals surface area (Å²) in [6, 6.07) is 7.42. The third-order valence-corrected chi connectivity index (χ3v) is 6.13. The molecule has 2 N–H and O–H groups in total. The van der Waals surface area contributed by atoms with E-state index in [1.807, 2.05) is 0 Å². The van der Waals surface area contributed by atoms with E-state index in [4.69, 9.17) is 23.2 Å². The van der Waals surface area contributed by atoms with E-state index in [0.29, 0.717) is 32.2 Å². The Morgan fingerprint density at radius 2 is 1.88 bits per heavy atom. The van der Waals surface area contributed by atoms with E-state index in [2.05, 4.69) is 9.71 Å². The van der Waals surface area contributed by atoms with Crippen LogP contribution in [-0.4, -0.2) is 17.7 Å². The molecule has 0 spiro atoms. The van der Waals surface area contributed by atoms with Gasteiger partial charge in [-0.3, -0.25) is 4.72 Å². The second-order valence-electron chi connectivity index (χ2n) is 5.78. The summed E-state index contributed by atoms with van der Waals surface area (Å²) in [7, 11) is -3.76. The Morgan fingerprint density at radius 1 is 1.16 bits per heavy atom. The number of halogens is 3. The lowest BCUT2D eigenvalue weighted by molar-refractivity contribution is 0.400. The minimum Gasteiger partial charge on any atom is -0.358 e. The van der Waals surface area contributed by atoms with Crippen molar-refractivity contribution in [3.05, 3.63) is 63.5 Å². The normalized spacial score (nSPS) is 16.6. The van der Waals surface area contributed by atoms with Gasteiger partial charge in [0, 0.05) is 24.7 Å². The molecule has 1 aliphatic heterocycles. The Bertz CT molecular complexity index is 1080. The first-order valence-electron chi connectivity index (χ1n) is 7.35. The molecule has 0 unspecified atom stereocenters. The van der Waals surface area contributed by atoms with Crippen LogP contribution in [0.25, 0.3) is 10.9 Å². The second kappa shape index (κ2) is 5.88. The third kappa shape index (κ3) is 2.87. The molecule has 0 saturated carbocycles. The quantitative estimate of drug-likeness (QED) is 0.674. The molecule has 4 rings (SSSR count). The molecule has 9 heteroatoms. The summed E-state index contributed by atoms with van der Waals surface area (Å²) in [5.41, 5.74) is 2.41. The molecule has 5 nitrogen and oxygen atoms in total. The summed E-state index contributed by atoms with van der Waals surface area (Å²) in [6.45, 7) is 0.268. The minimum absolute atomic E-state index is 0.121. The molecule has 2 heterocycles. The Kier molecular flexibility index (Phi) is 3.92. The molecule has 130 valence electrons. The number of hydrogen-bond acceptors (Lipinski definition) is 2. The van der Waals surface area contributed by atoms with Crippen LogP contribution < -0.4 is 4.72 Å². The van der Waals surface area contributed by atoms with Crippen molar-refractivity contribution >= 4 is 50.0 Å². The number of rotatable bonds is 2. The molecule has 0 bridgehead atoms. The van der Waals surface area contributed by atoms with E-state index in [9.17, 15) is 12.8 Å². The molecular weight excluding hydrogens is 388 g/mol. The Hall–Kier alpha value is -1.80. The molecule has 0 aliphatic carbocycles. The van der Waals surface area contributed by atoms with Crippen molar-refractivity contribution in [2.24, 2.45) is 0 Å². The number of nitrogens with zero attached hydrogens (tertiary/aromatic N) is 1. The van der Waals surface area contributed by atoms with Crippen LogP contribution in [0.4, 0.5) is 10.1 Å². The smallest absolute Gasteiger partial charge is 0.302 e. The molecule has 0 radical (unpaired) electrons. The van der Waals surface area contributed by atoms with Crippen LogP contribution in [-0.2, 0) is 23.3 Å². The maximum Gasteiger partial charge on any atom is 0.302 e. The van der Waals surface area contributed by atoms with Crippen LogP contribution in [0.3, 0.4) is 0 Å². The van der Waals surface area contributed by atoms with Gasteiger partial charge in [0.15, 0.2) is 0 Å². The van der Waals surface area contributed by atoms with Crippen molar-refractivity contribution in [1.82, 2.24) is 9.29 Å². The van der Waals surface area contributed by atoms with Gasteiger partial charge < -0.3 is 4.98 Å². The topological polar surface area (TPSA) is 65.2 Å². The van der Waals surface area contributed by atoms with Crippen LogP contribution in [0.1, 0.15) is 11.1 Å². The number of anilines is 1. The largest absolute Gasteiger partial charge is 0.358 e. The van der Waals surface area contributed by atoms with Crippen LogP contribution >= 0.6 is 23.2 Å². The van der Waals surface area contributed by atoms with Gasteiger partial charge in [-0.2, -0.15) is 12.7 Å². The van der Waals surface area contributed by atoms with Crippen molar-refractivity contribution < 1.29 is 12.8 Å². The lowest BCUT2D eigenvalue weighted by Gasteiger charge is -2.29. The van der Waals surface area contributed by atoms with E-state index >= 15 is 0 Å². The van der Waals surface area contributed by atoms with Gasteiger partial charge in [0.2, 0.25) is 0 Å². The fourth-order valence-corrected chi connectivity index (χ4v) is 4.81. The van der Waals surface area contributed by atoms with Gasteiger partial charge in [0.25, 0.3) is 0 Å². The van der Waals surface area contributed by atoms with Gasteiger partial charge in [0.1, 0.15) is 5.82 Å². The zero-order chi connectivity index (χ0) is 17.8. The molecule has 2 aromatic carbocycles. The van der Waals surface area contributed by atoms with Gasteiger partial charge in [-0.25, -0.2) is 4.39 Å². The van der Waals surface area contributed by atoms with Crippen molar-refractivity contribution in [3.8, 4) is 0 Å². The highest BCUT2D eigenvalue weighted by atomic mass is 35.5. The first-order valence-corrected chi connectivity index (χ1v) is 9.55. The minimum atomic E-state index is -3.76. The van der Waals surface area contributed by atoms with Crippen molar-refractivity contribution in [2.75, 3.05) is 4.72 Å². The van der Waals surface area contributed by atoms with Crippen molar-refractivity contribution in [1.29, 1.82) is 0 Å². The number of benzene rings is 2. The number of aromatic amines is 1. The molecule has 0 amide bonds. The number of aromatic nitrogens is 1. The summed E-state index contributed by atoms with van der Waals surface area (Å²) in [5.74, 6) is -0.369. The van der Waals surface area contributed by atoms with E-state index in [0.717, 1.165) is 5.56 Å². The molecule has 1 aromatic heterocycles. The fourth-order valence-electron chi connectivity index (χ4n) is 2.93. The first kappa shape index (κ1) is 16.7. The van der Waals surface area contributed by atoms with Crippen LogP contribution in [0.15, 0.2) is 36.5 Å². The van der Waals surface area contributed by atoms with E-state index < -0.39 is 10.2 Å². The monoisotopic (exact) mass is 399 g/mol. The molecule has 1 aliphatic rings. The zero-order valence-electron chi connectivity index (χ0n) is 12.7. The summed E-state index contributed by atoms with van der Waals surface area (Å²) >= 11 is 12.4. The van der Waals surface area contributed by atoms with Gasteiger partial charge in [0.05, 0.1) is 21.2 Å². The number of H-pyrrole nitrogens is 1. The molecule has 3 aromatic rings. The van der Waals surface area contributed by atoms with Crippen LogP contribution in [0.2, 0.25) is 10.0 Å². The lowest BCUT2D eigenvalue weighted by Crippen LogP contribution is -2.39. The van der Waals surface area contributed by atoms with Gasteiger partial charge in [-0.05, 0) is 29.3 Å². The van der Waals surface area contributed by atoms with Crippen molar-refractivity contribution in [2.45, 2.75) is 13.1 Å². The second-order valence-corrected chi connectivity index (χ2v) is 8.27. The highest BCUT2D eigenvalue weighted by Crippen LogP contribution is 2.40. The number of hydrogen-bond donors (Lipinski definition) is 2. The summed E-state index contributed by atoms with van der Waals surface area (Å²) in [6.07, 6.45) is 1.57. The number of fused-ring (bicyclic) bond motifs is 3. The average Bonchev–Trinajstić information content (AvgIpc) is 2.94. The highest BCUT2D eigenvalue weighted by Gasteiger charge is 2.31. The summed E-state index contributed by atoms with van der Waals surface area (Å²) in [5, 5.41) is 1.45. The van der Waals surface area contributed by atoms with E-state index in [1.54, 1.807) is 24.4 Å². The Labute approximate surface area is 153 Å². The van der Waals surface area contributed by atoms with E-state index in [-0.39, 0.29) is 18.9 Å². The maximum atomic E-state index is 13.0. The van der Waals surface area contributed by atoms with Crippen LogP contribution in [0, 0.1) is 5.82 Å². The summed E-state index contributed by atoms with van der Waals surface area (Å²) in [4.78, 5) is 2.96. The Balaban J connectivity index is 1.76. The van der Waals surface area contributed by atoms with Gasteiger partial charge >= 0.3 is 10.2 Å². The molecule has 25 heavy (non-hydrogen) atoms. The average molecular weight is 400 g/mol. The SMILES string of the molecule is O=S1(=O)Nc2c(cc(Cl)c3c(Cl)c[nH]c23)CN1Cc1ccc(F)cc1. The highest BCUT2D eigenvalue weighted by molar-refractivity contribution is 7.90. The molecule has 0 saturated heterocycles. The van der Waals surface area contributed by atoms with E-state index in [1.165, 1.54) is 16.4 Å². The maximum absolute atomic E-state index is 13.0. The molecule has 0 atom stereocenters. The zero-order valence-corrected chi connectivity index (χ0v) is 15.0. The standard InChI is InChI=1S/C16H12Cl2FN3O2S/c17-12-5-10-8-22(7-9-1-3-11(19)4-2-9)25(23,24)21-15(10)16-14(12)13(18)6-20-16/h1-6,20-21H,7-8H2. The van der Waals surface area contributed by atoms with Gasteiger partial charge in [-0.1, -0.05) is 35.3 Å². The summed E-state index contributed by atoms with van der Waals surface area (Å²) < 4.78 is 42.1. The predicted octanol–water partition coefficient (Wildman–Crippen LogP) is 4.29. The Morgan fingerprint density at radius 3 is 2.60 bits per heavy atom. The molecular formula is C16H12Cl2FN3O2S.